The number of carbonyl (C=O) groups is 1. The molecule has 146 valence electrons. The number of carbonyl (C=O) groups excluding carboxylic acids is 1. The van der Waals surface area contributed by atoms with Crippen LogP contribution < -0.4 is 5.32 Å². The van der Waals surface area contributed by atoms with Crippen LogP contribution in [-0.4, -0.2) is 48.1 Å². The molecule has 0 heterocycles. The smallest absolute Gasteiger partial charge is 0.322 e. The van der Waals surface area contributed by atoms with Crippen molar-refractivity contribution in [1.29, 1.82) is 0 Å². The van der Waals surface area contributed by atoms with Crippen molar-refractivity contribution in [2.45, 2.75) is 13.0 Å². The summed E-state index contributed by atoms with van der Waals surface area (Å²) in [5.74, 6) is 0.207. The molecule has 3 rings (SSSR count). The van der Waals surface area contributed by atoms with Gasteiger partial charge in [-0.05, 0) is 44.6 Å². The van der Waals surface area contributed by atoms with Crippen molar-refractivity contribution >= 4 is 22.5 Å². The Kier molecular flexibility index (Phi) is 6.50. The van der Waals surface area contributed by atoms with Gasteiger partial charge in [0.05, 0.1) is 12.2 Å². The first-order valence-corrected chi connectivity index (χ1v) is 9.50. The lowest BCUT2D eigenvalue weighted by atomic mass is 10.1. The fourth-order valence-electron chi connectivity index (χ4n) is 3.21. The first kappa shape index (κ1) is 19.7. The monoisotopic (exact) mass is 377 g/mol. The van der Waals surface area contributed by atoms with Gasteiger partial charge in [0, 0.05) is 17.5 Å². The first-order valence-electron chi connectivity index (χ1n) is 9.50. The van der Waals surface area contributed by atoms with E-state index in [-0.39, 0.29) is 11.8 Å². The molecular formula is C23H27N3O2. The molecule has 3 aromatic rings. The van der Waals surface area contributed by atoms with Crippen LogP contribution in [-0.2, 0) is 6.54 Å². The molecule has 0 saturated carbocycles. The van der Waals surface area contributed by atoms with E-state index >= 15 is 0 Å². The van der Waals surface area contributed by atoms with Gasteiger partial charge >= 0.3 is 6.03 Å². The standard InChI is InChI=1S/C23H27N3O2/c1-25(2)15-8-16-26(17-19-10-4-6-14-22(19)27)23(28)24-21-13-7-11-18-9-3-5-12-20(18)21/h3-7,9-14,27H,8,15-17H2,1-2H3,(H,24,28). The summed E-state index contributed by atoms with van der Waals surface area (Å²) in [4.78, 5) is 16.9. The second-order valence-corrected chi connectivity index (χ2v) is 7.16. The third kappa shape index (κ3) is 5.02. The lowest BCUT2D eigenvalue weighted by molar-refractivity contribution is 0.205. The molecule has 0 fully saturated rings. The molecule has 2 amide bonds. The summed E-state index contributed by atoms with van der Waals surface area (Å²) in [6, 6.07) is 20.9. The topological polar surface area (TPSA) is 55.8 Å². The van der Waals surface area contributed by atoms with Crippen molar-refractivity contribution in [3.05, 3.63) is 72.3 Å². The molecule has 0 spiro atoms. The van der Waals surface area contributed by atoms with Gasteiger partial charge in [0.25, 0.3) is 0 Å². The van der Waals surface area contributed by atoms with Crippen LogP contribution >= 0.6 is 0 Å². The normalized spacial score (nSPS) is 11.0. The van der Waals surface area contributed by atoms with Gasteiger partial charge in [-0.2, -0.15) is 0 Å². The molecule has 28 heavy (non-hydrogen) atoms. The second-order valence-electron chi connectivity index (χ2n) is 7.16. The first-order chi connectivity index (χ1) is 13.5. The van der Waals surface area contributed by atoms with Crippen LogP contribution in [0.25, 0.3) is 10.8 Å². The number of nitrogens with one attached hydrogen (secondary N) is 1. The minimum atomic E-state index is -0.168. The van der Waals surface area contributed by atoms with Crippen molar-refractivity contribution in [3.63, 3.8) is 0 Å². The van der Waals surface area contributed by atoms with E-state index in [2.05, 4.69) is 10.2 Å². The van der Waals surface area contributed by atoms with Crippen LogP contribution in [0.4, 0.5) is 10.5 Å². The van der Waals surface area contributed by atoms with Gasteiger partial charge < -0.3 is 20.2 Å². The van der Waals surface area contributed by atoms with Gasteiger partial charge in [-0.3, -0.25) is 0 Å². The molecule has 0 aliphatic rings. The van der Waals surface area contributed by atoms with Crippen molar-refractivity contribution < 1.29 is 9.90 Å². The summed E-state index contributed by atoms with van der Waals surface area (Å²) >= 11 is 0. The zero-order valence-electron chi connectivity index (χ0n) is 16.4. The predicted octanol–water partition coefficient (Wildman–Crippen LogP) is 4.53. The highest BCUT2D eigenvalue weighted by Crippen LogP contribution is 2.24. The molecule has 0 aromatic heterocycles. The SMILES string of the molecule is CN(C)CCCN(Cc1ccccc1O)C(=O)Nc1cccc2ccccc12. The Balaban J connectivity index is 1.79. The number of phenolic OH excluding ortho intramolecular Hbond substituents is 1. The Bertz CT molecular complexity index is 935. The molecule has 0 atom stereocenters. The molecule has 3 aromatic carbocycles. The Labute approximate surface area is 166 Å². The lowest BCUT2D eigenvalue weighted by Gasteiger charge is -2.25. The predicted molar refractivity (Wildman–Crippen MR) is 115 cm³/mol. The molecule has 0 bridgehead atoms. The van der Waals surface area contributed by atoms with Crippen molar-refractivity contribution in [1.82, 2.24) is 9.80 Å². The summed E-state index contributed by atoms with van der Waals surface area (Å²) in [7, 11) is 4.03. The molecular weight excluding hydrogens is 350 g/mol. The summed E-state index contributed by atoms with van der Waals surface area (Å²) < 4.78 is 0. The van der Waals surface area contributed by atoms with Crippen LogP contribution in [0.1, 0.15) is 12.0 Å². The number of rotatable bonds is 7. The third-order valence-corrected chi connectivity index (χ3v) is 4.70. The number of phenols is 1. The molecule has 0 radical (unpaired) electrons. The summed E-state index contributed by atoms with van der Waals surface area (Å²) in [6.07, 6.45) is 0.851. The van der Waals surface area contributed by atoms with Gasteiger partial charge in [0.15, 0.2) is 0 Å². The highest BCUT2D eigenvalue weighted by atomic mass is 16.3. The largest absolute Gasteiger partial charge is 0.508 e. The highest BCUT2D eigenvalue weighted by molar-refractivity contribution is 6.01. The number of fused-ring (bicyclic) bond motifs is 1. The Morgan fingerprint density at radius 1 is 0.929 bits per heavy atom. The molecule has 0 aliphatic heterocycles. The number of urea groups is 1. The summed E-state index contributed by atoms with van der Waals surface area (Å²) in [6.45, 7) is 1.85. The Hall–Kier alpha value is -3.05. The minimum Gasteiger partial charge on any atom is -0.508 e. The maximum absolute atomic E-state index is 13.1. The van der Waals surface area contributed by atoms with Crippen LogP contribution in [0, 0.1) is 0 Å². The zero-order chi connectivity index (χ0) is 19.9. The van der Waals surface area contributed by atoms with E-state index in [9.17, 15) is 9.90 Å². The van der Waals surface area contributed by atoms with Gasteiger partial charge in [0.1, 0.15) is 5.75 Å². The van der Waals surface area contributed by atoms with Crippen LogP contribution in [0.5, 0.6) is 5.75 Å². The van der Waals surface area contributed by atoms with E-state index < -0.39 is 0 Å². The van der Waals surface area contributed by atoms with E-state index in [0.717, 1.165) is 35.0 Å². The number of amides is 2. The molecule has 5 nitrogen and oxygen atoms in total. The van der Waals surface area contributed by atoms with E-state index in [1.54, 1.807) is 17.0 Å². The lowest BCUT2D eigenvalue weighted by Crippen LogP contribution is -2.36. The van der Waals surface area contributed by atoms with Crippen LogP contribution in [0.2, 0.25) is 0 Å². The number of nitrogens with zero attached hydrogens (tertiary/aromatic N) is 2. The number of anilines is 1. The maximum atomic E-state index is 13.1. The van der Waals surface area contributed by atoms with Gasteiger partial charge in [-0.25, -0.2) is 4.79 Å². The van der Waals surface area contributed by atoms with Crippen molar-refractivity contribution in [2.75, 3.05) is 32.5 Å². The number of aromatic hydroxyl groups is 1. The maximum Gasteiger partial charge on any atom is 0.322 e. The molecule has 0 saturated heterocycles. The third-order valence-electron chi connectivity index (χ3n) is 4.70. The average Bonchev–Trinajstić information content (AvgIpc) is 2.68. The highest BCUT2D eigenvalue weighted by Gasteiger charge is 2.16. The number of hydrogen-bond acceptors (Lipinski definition) is 3. The summed E-state index contributed by atoms with van der Waals surface area (Å²) in [5, 5.41) is 15.3. The molecule has 5 heteroatoms. The van der Waals surface area contributed by atoms with E-state index in [4.69, 9.17) is 0 Å². The number of para-hydroxylation sites is 1. The second kappa shape index (κ2) is 9.24. The zero-order valence-corrected chi connectivity index (χ0v) is 16.4. The Morgan fingerprint density at radius 3 is 2.43 bits per heavy atom. The molecule has 2 N–H and O–H groups in total. The average molecular weight is 377 g/mol. The fraction of sp³-hybridized carbons (Fsp3) is 0.261. The van der Waals surface area contributed by atoms with Crippen molar-refractivity contribution in [2.24, 2.45) is 0 Å². The quantitative estimate of drug-likeness (QED) is 0.636. The van der Waals surface area contributed by atoms with Gasteiger partial charge in [-0.1, -0.05) is 54.6 Å². The molecule has 0 aliphatic carbocycles. The fourth-order valence-corrected chi connectivity index (χ4v) is 3.21. The van der Waals surface area contributed by atoms with E-state index in [0.29, 0.717) is 13.1 Å². The van der Waals surface area contributed by atoms with Gasteiger partial charge in [0.2, 0.25) is 0 Å². The minimum absolute atomic E-state index is 0.168. The Morgan fingerprint density at radius 2 is 1.64 bits per heavy atom. The number of benzene rings is 3. The molecule has 0 unspecified atom stereocenters. The van der Waals surface area contributed by atoms with Crippen LogP contribution in [0.15, 0.2) is 66.7 Å². The number of hydrogen-bond donors (Lipinski definition) is 2. The van der Waals surface area contributed by atoms with Crippen molar-refractivity contribution in [3.8, 4) is 5.75 Å². The van der Waals surface area contributed by atoms with Crippen LogP contribution in [0.3, 0.4) is 0 Å². The van der Waals surface area contributed by atoms with E-state index in [1.165, 1.54) is 0 Å². The van der Waals surface area contributed by atoms with Gasteiger partial charge in [-0.15, -0.1) is 0 Å². The summed E-state index contributed by atoms with van der Waals surface area (Å²) in [5.41, 5.74) is 1.53. The van der Waals surface area contributed by atoms with E-state index in [1.807, 2.05) is 68.7 Å².